The van der Waals surface area contributed by atoms with Gasteiger partial charge in [0.05, 0.1) is 11.4 Å². The second-order valence-electron chi connectivity index (χ2n) is 5.35. The Morgan fingerprint density at radius 1 is 1.38 bits per heavy atom. The second-order valence-corrected chi connectivity index (χ2v) is 6.91. The third kappa shape index (κ3) is 4.71. The van der Waals surface area contributed by atoms with Gasteiger partial charge in [0.25, 0.3) is 0 Å². The molecule has 0 amide bonds. The predicted octanol–water partition coefficient (Wildman–Crippen LogP) is 0.798. The lowest BCUT2D eigenvalue weighted by atomic mass is 10.2. The number of hydrogen-bond donors (Lipinski definition) is 3. The van der Waals surface area contributed by atoms with E-state index in [9.17, 15) is 8.42 Å². The quantitative estimate of drug-likeness (QED) is 0.553. The number of nitrogens with one attached hydrogen (secondary N) is 2. The summed E-state index contributed by atoms with van der Waals surface area (Å²) in [5, 5.41) is 11.6. The van der Waals surface area contributed by atoms with Gasteiger partial charge in [0.2, 0.25) is 10.0 Å². The van der Waals surface area contributed by atoms with Crippen molar-refractivity contribution in [2.24, 2.45) is 16.0 Å². The number of guanidine groups is 1. The van der Waals surface area contributed by atoms with Gasteiger partial charge in [0, 0.05) is 12.6 Å². The van der Waals surface area contributed by atoms with E-state index in [1.54, 1.807) is 12.1 Å². The summed E-state index contributed by atoms with van der Waals surface area (Å²) in [5.41, 5.74) is 0.934. The highest BCUT2D eigenvalue weighted by Gasteiger charge is 2.33. The van der Waals surface area contributed by atoms with Crippen LogP contribution < -0.4 is 15.8 Å². The topological polar surface area (TPSA) is 96.6 Å². The van der Waals surface area contributed by atoms with Crippen molar-refractivity contribution in [3.63, 3.8) is 0 Å². The summed E-state index contributed by atoms with van der Waals surface area (Å²) in [6, 6.07) is 6.97. The molecular weight excluding hydrogens is 288 g/mol. The highest BCUT2D eigenvalue weighted by atomic mass is 32.2. The highest BCUT2D eigenvalue weighted by Crippen LogP contribution is 2.28. The summed E-state index contributed by atoms with van der Waals surface area (Å²) in [5.74, 6) is 1.49. The Morgan fingerprint density at radius 2 is 2.00 bits per heavy atom. The molecule has 1 aliphatic rings. The van der Waals surface area contributed by atoms with Crippen LogP contribution in [0.1, 0.15) is 25.8 Å². The first kappa shape index (κ1) is 15.8. The van der Waals surface area contributed by atoms with Crippen molar-refractivity contribution in [1.29, 1.82) is 0 Å². The molecule has 116 valence electrons. The van der Waals surface area contributed by atoms with E-state index in [1.165, 1.54) is 18.6 Å². The van der Waals surface area contributed by atoms with Crippen LogP contribution in [0.25, 0.3) is 0 Å². The van der Waals surface area contributed by atoms with Crippen molar-refractivity contribution >= 4 is 16.0 Å². The lowest BCUT2D eigenvalue weighted by molar-refractivity contribution is 0.598. The maximum Gasteiger partial charge on any atom is 0.238 e. The minimum Gasteiger partial charge on any atom is -0.357 e. The van der Waals surface area contributed by atoms with E-state index >= 15 is 0 Å². The summed E-state index contributed by atoms with van der Waals surface area (Å²) in [6.45, 7) is 5.51. The fourth-order valence-corrected chi connectivity index (χ4v) is 2.49. The Morgan fingerprint density at radius 3 is 2.48 bits per heavy atom. The van der Waals surface area contributed by atoms with Gasteiger partial charge in [0.15, 0.2) is 5.96 Å². The molecule has 1 saturated carbocycles. The Kier molecular flexibility index (Phi) is 4.84. The third-order valence-corrected chi connectivity index (χ3v) is 4.38. The van der Waals surface area contributed by atoms with Crippen LogP contribution in [0.15, 0.2) is 34.2 Å². The summed E-state index contributed by atoms with van der Waals surface area (Å²) >= 11 is 0. The fraction of sp³-hybridized carbons (Fsp3) is 0.500. The molecule has 0 saturated heterocycles. The molecule has 1 aromatic rings. The van der Waals surface area contributed by atoms with Gasteiger partial charge in [0.1, 0.15) is 0 Å². The van der Waals surface area contributed by atoms with Gasteiger partial charge in [-0.1, -0.05) is 19.1 Å². The predicted molar refractivity (Wildman–Crippen MR) is 83.3 cm³/mol. The number of nitrogens with zero attached hydrogens (tertiary/aromatic N) is 1. The van der Waals surface area contributed by atoms with Crippen LogP contribution in [0.5, 0.6) is 0 Å². The van der Waals surface area contributed by atoms with Crippen molar-refractivity contribution in [3.8, 4) is 0 Å². The summed E-state index contributed by atoms with van der Waals surface area (Å²) in [7, 11) is -3.63. The number of primary sulfonamides is 1. The molecule has 0 bridgehead atoms. The Bertz CT molecular complexity index is 610. The van der Waals surface area contributed by atoms with E-state index in [0.717, 1.165) is 18.1 Å². The molecule has 1 aromatic carbocycles. The second kappa shape index (κ2) is 6.44. The molecule has 1 aliphatic carbocycles. The molecule has 0 heterocycles. The minimum atomic E-state index is -3.63. The summed E-state index contributed by atoms with van der Waals surface area (Å²) in [4.78, 5) is 4.62. The maximum atomic E-state index is 11.2. The number of benzene rings is 1. The van der Waals surface area contributed by atoms with Crippen LogP contribution >= 0.6 is 0 Å². The fourth-order valence-electron chi connectivity index (χ4n) is 1.97. The van der Waals surface area contributed by atoms with E-state index < -0.39 is 10.0 Å². The maximum absolute atomic E-state index is 11.2. The van der Waals surface area contributed by atoms with Crippen LogP contribution in [0.2, 0.25) is 0 Å². The molecule has 2 atom stereocenters. The van der Waals surface area contributed by atoms with Crippen molar-refractivity contribution in [2.45, 2.75) is 37.8 Å². The normalized spacial score (nSPS) is 22.0. The van der Waals surface area contributed by atoms with E-state index in [-0.39, 0.29) is 4.90 Å². The van der Waals surface area contributed by atoms with Gasteiger partial charge < -0.3 is 10.6 Å². The highest BCUT2D eigenvalue weighted by molar-refractivity contribution is 7.89. The van der Waals surface area contributed by atoms with Crippen LogP contribution in [-0.2, 0) is 16.6 Å². The lowest BCUT2D eigenvalue weighted by Gasteiger charge is -2.10. The van der Waals surface area contributed by atoms with Crippen molar-refractivity contribution in [2.75, 3.05) is 6.54 Å². The molecule has 21 heavy (non-hydrogen) atoms. The molecule has 0 spiro atoms. The molecule has 2 rings (SSSR count). The largest absolute Gasteiger partial charge is 0.357 e. The molecule has 0 radical (unpaired) electrons. The van der Waals surface area contributed by atoms with Crippen molar-refractivity contribution in [1.82, 2.24) is 10.6 Å². The first-order valence-electron chi connectivity index (χ1n) is 7.06. The van der Waals surface area contributed by atoms with Gasteiger partial charge >= 0.3 is 0 Å². The van der Waals surface area contributed by atoms with Gasteiger partial charge in [-0.2, -0.15) is 0 Å². The van der Waals surface area contributed by atoms with Gasteiger partial charge in [-0.3, -0.25) is 0 Å². The minimum absolute atomic E-state index is 0.118. The number of aliphatic imine (C=N–C) groups is 1. The number of sulfonamides is 1. The average molecular weight is 310 g/mol. The average Bonchev–Trinajstić information content (AvgIpc) is 3.11. The van der Waals surface area contributed by atoms with E-state index in [2.05, 4.69) is 22.5 Å². The van der Waals surface area contributed by atoms with Gasteiger partial charge in [-0.25, -0.2) is 18.5 Å². The smallest absolute Gasteiger partial charge is 0.238 e. The zero-order valence-corrected chi connectivity index (χ0v) is 13.2. The van der Waals surface area contributed by atoms with Crippen molar-refractivity contribution < 1.29 is 8.42 Å². The molecule has 0 aromatic heterocycles. The molecule has 4 N–H and O–H groups in total. The molecule has 2 unspecified atom stereocenters. The molecule has 7 heteroatoms. The Hall–Kier alpha value is -1.60. The molecule has 1 fully saturated rings. The standard InChI is InChI=1S/C14H22N4O2S/c1-3-16-14(18-13-8-10(13)2)17-9-11-4-6-12(7-5-11)21(15,19)20/h4-7,10,13H,3,8-9H2,1-2H3,(H2,15,19,20)(H2,16,17,18). The summed E-state index contributed by atoms with van der Waals surface area (Å²) in [6.07, 6.45) is 1.17. The van der Waals surface area contributed by atoms with Gasteiger partial charge in [-0.05, 0) is 37.0 Å². The zero-order chi connectivity index (χ0) is 15.5. The van der Waals surface area contributed by atoms with E-state index in [1.807, 2.05) is 6.92 Å². The number of hydrogen-bond acceptors (Lipinski definition) is 3. The lowest BCUT2D eigenvalue weighted by Crippen LogP contribution is -2.39. The van der Waals surface area contributed by atoms with E-state index in [4.69, 9.17) is 5.14 Å². The molecule has 6 nitrogen and oxygen atoms in total. The Balaban J connectivity index is 2.00. The van der Waals surface area contributed by atoms with Crippen molar-refractivity contribution in [3.05, 3.63) is 29.8 Å². The SMILES string of the molecule is CCNC(=NCc1ccc(S(N)(=O)=O)cc1)NC1CC1C. The van der Waals surface area contributed by atoms with E-state index in [0.29, 0.717) is 18.5 Å². The number of nitrogens with two attached hydrogens (primary N) is 1. The monoisotopic (exact) mass is 310 g/mol. The Labute approximate surface area is 125 Å². The van der Waals surface area contributed by atoms with Gasteiger partial charge in [-0.15, -0.1) is 0 Å². The molecular formula is C14H22N4O2S. The number of rotatable bonds is 5. The first-order chi connectivity index (χ1) is 9.90. The molecule has 0 aliphatic heterocycles. The van der Waals surface area contributed by atoms with Crippen LogP contribution in [-0.4, -0.2) is 27.0 Å². The van der Waals surface area contributed by atoms with Crippen LogP contribution in [0, 0.1) is 5.92 Å². The van der Waals surface area contributed by atoms with Crippen LogP contribution in [0.4, 0.5) is 0 Å². The third-order valence-electron chi connectivity index (χ3n) is 3.45. The zero-order valence-electron chi connectivity index (χ0n) is 12.3. The first-order valence-corrected chi connectivity index (χ1v) is 8.61. The summed E-state index contributed by atoms with van der Waals surface area (Å²) < 4.78 is 22.4. The van der Waals surface area contributed by atoms with Crippen LogP contribution in [0.3, 0.4) is 0 Å².